The van der Waals surface area contributed by atoms with Crippen LogP contribution >= 0.6 is 0 Å². The van der Waals surface area contributed by atoms with Crippen molar-refractivity contribution < 1.29 is 4.79 Å². The van der Waals surface area contributed by atoms with E-state index in [1.54, 1.807) is 0 Å². The first-order valence-corrected chi connectivity index (χ1v) is 5.84. The van der Waals surface area contributed by atoms with Crippen molar-refractivity contribution in [2.75, 3.05) is 5.32 Å². The Labute approximate surface area is 111 Å². The molecule has 1 aromatic carbocycles. The first kappa shape index (κ1) is 12.8. The molecule has 94 valence electrons. The number of nitriles is 1. The summed E-state index contributed by atoms with van der Waals surface area (Å²) in [6.45, 7) is 3.88. The number of hydrogen-bond donors (Lipinski definition) is 1. The standard InChI is InChI=1S/C15H13N3O/c1-10-3-4-11(2)14(7-10)18-15(19)13-9-17-6-5-12(13)8-16/h3-7,9H,1-2H3,(H,18,19). The number of anilines is 1. The van der Waals surface area contributed by atoms with Crippen LogP contribution in [-0.2, 0) is 0 Å². The predicted molar refractivity (Wildman–Crippen MR) is 72.8 cm³/mol. The van der Waals surface area contributed by atoms with E-state index >= 15 is 0 Å². The van der Waals surface area contributed by atoms with Crippen LogP contribution in [0.1, 0.15) is 27.0 Å². The first-order chi connectivity index (χ1) is 9.11. The fourth-order valence-electron chi connectivity index (χ4n) is 1.73. The molecule has 1 aromatic heterocycles. The third-order valence-electron chi connectivity index (χ3n) is 2.83. The second-order valence-electron chi connectivity index (χ2n) is 4.31. The number of aryl methyl sites for hydroxylation is 2. The molecule has 0 unspecified atom stereocenters. The van der Waals surface area contributed by atoms with Crippen LogP contribution in [0, 0.1) is 25.2 Å². The summed E-state index contributed by atoms with van der Waals surface area (Å²) in [5, 5.41) is 11.8. The van der Waals surface area contributed by atoms with Gasteiger partial charge in [-0.2, -0.15) is 5.26 Å². The summed E-state index contributed by atoms with van der Waals surface area (Å²) in [6, 6.07) is 9.34. The molecule has 0 saturated carbocycles. The third kappa shape index (κ3) is 2.78. The monoisotopic (exact) mass is 251 g/mol. The van der Waals surface area contributed by atoms with E-state index in [2.05, 4.69) is 10.3 Å². The Morgan fingerprint density at radius 2 is 2.11 bits per heavy atom. The maximum absolute atomic E-state index is 12.2. The average molecular weight is 251 g/mol. The molecule has 4 heteroatoms. The van der Waals surface area contributed by atoms with Crippen LogP contribution in [0.2, 0.25) is 0 Å². The molecule has 1 heterocycles. The molecule has 2 aromatic rings. The van der Waals surface area contributed by atoms with Gasteiger partial charge in [-0.05, 0) is 37.1 Å². The van der Waals surface area contributed by atoms with E-state index < -0.39 is 0 Å². The molecular formula is C15H13N3O. The van der Waals surface area contributed by atoms with Gasteiger partial charge >= 0.3 is 0 Å². The predicted octanol–water partition coefficient (Wildman–Crippen LogP) is 2.82. The zero-order valence-corrected chi connectivity index (χ0v) is 10.8. The number of nitrogens with zero attached hydrogens (tertiary/aromatic N) is 2. The number of pyridine rings is 1. The van der Waals surface area contributed by atoms with Crippen molar-refractivity contribution >= 4 is 11.6 Å². The van der Waals surface area contributed by atoms with Crippen LogP contribution in [0.5, 0.6) is 0 Å². The van der Waals surface area contributed by atoms with Crippen LogP contribution in [-0.4, -0.2) is 10.9 Å². The molecule has 19 heavy (non-hydrogen) atoms. The number of carbonyl (C=O) groups is 1. The minimum atomic E-state index is -0.321. The van der Waals surface area contributed by atoms with E-state index in [0.29, 0.717) is 5.56 Å². The zero-order valence-electron chi connectivity index (χ0n) is 10.8. The van der Waals surface area contributed by atoms with Crippen molar-refractivity contribution in [3.63, 3.8) is 0 Å². The smallest absolute Gasteiger partial charge is 0.258 e. The maximum Gasteiger partial charge on any atom is 0.258 e. The molecule has 0 saturated heterocycles. The van der Waals surface area contributed by atoms with Gasteiger partial charge in [0, 0.05) is 18.1 Å². The van der Waals surface area contributed by atoms with Crippen molar-refractivity contribution in [3.8, 4) is 6.07 Å². The molecule has 0 radical (unpaired) electrons. The average Bonchev–Trinajstić information content (AvgIpc) is 2.42. The number of amides is 1. The molecular weight excluding hydrogens is 238 g/mol. The lowest BCUT2D eigenvalue weighted by Crippen LogP contribution is -2.14. The Hall–Kier alpha value is -2.67. The van der Waals surface area contributed by atoms with Crippen molar-refractivity contribution in [3.05, 3.63) is 58.9 Å². The summed E-state index contributed by atoms with van der Waals surface area (Å²) < 4.78 is 0. The van der Waals surface area contributed by atoms with E-state index in [4.69, 9.17) is 5.26 Å². The topological polar surface area (TPSA) is 65.8 Å². The highest BCUT2D eigenvalue weighted by atomic mass is 16.1. The number of hydrogen-bond acceptors (Lipinski definition) is 3. The second-order valence-corrected chi connectivity index (χ2v) is 4.31. The molecule has 1 amide bonds. The van der Waals surface area contributed by atoms with E-state index in [1.807, 2.05) is 38.1 Å². The molecule has 0 spiro atoms. The van der Waals surface area contributed by atoms with Gasteiger partial charge in [0.25, 0.3) is 5.91 Å². The molecule has 0 bridgehead atoms. The highest BCUT2D eigenvalue weighted by molar-refractivity contribution is 6.06. The fourth-order valence-corrected chi connectivity index (χ4v) is 1.73. The van der Waals surface area contributed by atoms with Gasteiger partial charge in [-0.25, -0.2) is 0 Å². The van der Waals surface area contributed by atoms with Crippen LogP contribution in [0.15, 0.2) is 36.7 Å². The third-order valence-corrected chi connectivity index (χ3v) is 2.83. The van der Waals surface area contributed by atoms with Gasteiger partial charge < -0.3 is 5.32 Å². The number of carbonyl (C=O) groups excluding carboxylic acids is 1. The quantitative estimate of drug-likeness (QED) is 0.892. The van der Waals surface area contributed by atoms with Gasteiger partial charge in [-0.15, -0.1) is 0 Å². The molecule has 0 aliphatic rings. The van der Waals surface area contributed by atoms with E-state index in [-0.39, 0.29) is 11.5 Å². The molecule has 4 nitrogen and oxygen atoms in total. The molecule has 0 atom stereocenters. The summed E-state index contributed by atoms with van der Waals surface area (Å²) in [7, 11) is 0. The van der Waals surface area contributed by atoms with Crippen LogP contribution in [0.4, 0.5) is 5.69 Å². The summed E-state index contributed by atoms with van der Waals surface area (Å²) in [5.74, 6) is -0.321. The maximum atomic E-state index is 12.2. The highest BCUT2D eigenvalue weighted by Gasteiger charge is 2.12. The summed E-state index contributed by atoms with van der Waals surface area (Å²) in [5.41, 5.74) is 3.38. The molecule has 2 rings (SSSR count). The van der Waals surface area contributed by atoms with Gasteiger partial charge in [0.1, 0.15) is 6.07 Å². The minimum Gasteiger partial charge on any atom is -0.322 e. The molecule has 0 aliphatic heterocycles. The van der Waals surface area contributed by atoms with Gasteiger partial charge in [-0.1, -0.05) is 12.1 Å². The number of benzene rings is 1. The SMILES string of the molecule is Cc1ccc(C)c(NC(=O)c2cnccc2C#N)c1. The number of nitrogens with one attached hydrogen (secondary N) is 1. The second kappa shape index (κ2) is 5.32. The van der Waals surface area contributed by atoms with Crippen LogP contribution in [0.25, 0.3) is 0 Å². The Morgan fingerprint density at radius 3 is 2.84 bits per heavy atom. The lowest BCUT2D eigenvalue weighted by molar-refractivity contribution is 0.102. The molecule has 0 fully saturated rings. The van der Waals surface area contributed by atoms with Crippen molar-refractivity contribution in [1.29, 1.82) is 5.26 Å². The normalized spacial score (nSPS) is 9.74. The largest absolute Gasteiger partial charge is 0.322 e. The Kier molecular flexibility index (Phi) is 3.58. The zero-order chi connectivity index (χ0) is 13.8. The minimum absolute atomic E-state index is 0.283. The molecule has 1 N–H and O–H groups in total. The lowest BCUT2D eigenvalue weighted by atomic mass is 10.1. The van der Waals surface area contributed by atoms with E-state index in [0.717, 1.165) is 16.8 Å². The van der Waals surface area contributed by atoms with Crippen molar-refractivity contribution in [1.82, 2.24) is 4.98 Å². The summed E-state index contributed by atoms with van der Waals surface area (Å²) in [4.78, 5) is 16.0. The Balaban J connectivity index is 2.31. The van der Waals surface area contributed by atoms with Gasteiger partial charge in [-0.3, -0.25) is 9.78 Å². The van der Waals surface area contributed by atoms with E-state index in [9.17, 15) is 4.79 Å². The molecule has 0 aliphatic carbocycles. The van der Waals surface area contributed by atoms with Crippen LogP contribution < -0.4 is 5.32 Å². The number of rotatable bonds is 2. The Morgan fingerprint density at radius 1 is 1.32 bits per heavy atom. The van der Waals surface area contributed by atoms with Gasteiger partial charge in [0.2, 0.25) is 0 Å². The van der Waals surface area contributed by atoms with E-state index in [1.165, 1.54) is 18.5 Å². The summed E-state index contributed by atoms with van der Waals surface area (Å²) in [6.07, 6.45) is 2.90. The number of aromatic nitrogens is 1. The van der Waals surface area contributed by atoms with Crippen LogP contribution in [0.3, 0.4) is 0 Å². The highest BCUT2D eigenvalue weighted by Crippen LogP contribution is 2.18. The first-order valence-electron chi connectivity index (χ1n) is 5.84. The Bertz CT molecular complexity index is 671. The lowest BCUT2D eigenvalue weighted by Gasteiger charge is -2.09. The van der Waals surface area contributed by atoms with Gasteiger partial charge in [0.15, 0.2) is 0 Å². The van der Waals surface area contributed by atoms with Crippen molar-refractivity contribution in [2.24, 2.45) is 0 Å². The fraction of sp³-hybridized carbons (Fsp3) is 0.133. The van der Waals surface area contributed by atoms with Gasteiger partial charge in [0.05, 0.1) is 11.1 Å². The van der Waals surface area contributed by atoms with Crippen molar-refractivity contribution in [2.45, 2.75) is 13.8 Å². The summed E-state index contributed by atoms with van der Waals surface area (Å²) >= 11 is 0.